The van der Waals surface area contributed by atoms with Crippen LogP contribution in [-0.4, -0.2) is 15.8 Å². The van der Waals surface area contributed by atoms with E-state index in [-0.39, 0.29) is 11.6 Å². The highest BCUT2D eigenvalue weighted by atomic mass is 16.6. The Morgan fingerprint density at radius 1 is 1.17 bits per heavy atom. The second kappa shape index (κ2) is 6.16. The van der Waals surface area contributed by atoms with E-state index in [1.54, 1.807) is 12.3 Å². The van der Waals surface area contributed by atoms with Crippen LogP contribution < -0.4 is 5.32 Å². The van der Waals surface area contributed by atoms with Gasteiger partial charge in [-0.1, -0.05) is 26.0 Å². The van der Waals surface area contributed by atoms with Crippen molar-refractivity contribution in [2.24, 2.45) is 0 Å². The Labute approximate surface area is 138 Å². The number of anilines is 1. The van der Waals surface area contributed by atoms with Gasteiger partial charge in [0.1, 0.15) is 0 Å². The van der Waals surface area contributed by atoms with Gasteiger partial charge in [0, 0.05) is 34.9 Å². The van der Waals surface area contributed by atoms with Crippen LogP contribution in [0.2, 0.25) is 0 Å². The van der Waals surface area contributed by atoms with Crippen LogP contribution in [0, 0.1) is 10.1 Å². The molecular formula is C18H17N3O3. The molecule has 1 aromatic heterocycles. The zero-order chi connectivity index (χ0) is 17.3. The van der Waals surface area contributed by atoms with Gasteiger partial charge in [0.05, 0.1) is 10.5 Å². The maximum Gasteiger partial charge on any atom is 0.270 e. The number of aromatic amines is 1. The van der Waals surface area contributed by atoms with Gasteiger partial charge in [-0.3, -0.25) is 14.9 Å². The van der Waals surface area contributed by atoms with E-state index in [2.05, 4.69) is 24.1 Å². The van der Waals surface area contributed by atoms with Crippen molar-refractivity contribution in [2.75, 3.05) is 5.32 Å². The Kier molecular flexibility index (Phi) is 4.04. The molecule has 3 rings (SSSR count). The lowest BCUT2D eigenvalue weighted by atomic mass is 10.0. The number of aromatic nitrogens is 1. The third kappa shape index (κ3) is 2.99. The van der Waals surface area contributed by atoms with Crippen LogP contribution in [0.4, 0.5) is 11.4 Å². The SMILES string of the molecule is CC(C)c1ccc(NC(=O)c2c[nH]c3ccc([N+](=O)[O-])cc23)cc1. The molecule has 0 atom stereocenters. The van der Waals surface area contributed by atoms with Crippen LogP contribution in [0.5, 0.6) is 0 Å². The molecule has 1 amide bonds. The minimum Gasteiger partial charge on any atom is -0.360 e. The van der Waals surface area contributed by atoms with Gasteiger partial charge < -0.3 is 10.3 Å². The number of H-pyrrole nitrogens is 1. The number of fused-ring (bicyclic) bond motifs is 1. The molecule has 3 aromatic rings. The predicted molar refractivity (Wildman–Crippen MR) is 93.4 cm³/mol. The van der Waals surface area contributed by atoms with E-state index in [9.17, 15) is 14.9 Å². The van der Waals surface area contributed by atoms with Crippen molar-refractivity contribution in [3.05, 3.63) is 69.9 Å². The molecule has 0 aliphatic carbocycles. The van der Waals surface area contributed by atoms with E-state index >= 15 is 0 Å². The number of nitro benzene ring substituents is 1. The molecule has 1 heterocycles. The van der Waals surface area contributed by atoms with Crippen LogP contribution in [0.15, 0.2) is 48.7 Å². The van der Waals surface area contributed by atoms with E-state index in [1.807, 2.05) is 24.3 Å². The van der Waals surface area contributed by atoms with Crippen LogP contribution in [-0.2, 0) is 0 Å². The van der Waals surface area contributed by atoms with Gasteiger partial charge in [0.25, 0.3) is 11.6 Å². The molecule has 0 unspecified atom stereocenters. The molecule has 0 bridgehead atoms. The minimum absolute atomic E-state index is 0.0440. The van der Waals surface area contributed by atoms with Crippen LogP contribution >= 0.6 is 0 Å². The van der Waals surface area contributed by atoms with E-state index in [4.69, 9.17) is 0 Å². The molecule has 6 nitrogen and oxygen atoms in total. The molecule has 0 spiro atoms. The van der Waals surface area contributed by atoms with E-state index in [1.165, 1.54) is 17.7 Å². The minimum atomic E-state index is -0.473. The number of nitrogens with zero attached hydrogens (tertiary/aromatic N) is 1. The Morgan fingerprint density at radius 2 is 1.88 bits per heavy atom. The Bertz CT molecular complexity index is 911. The molecule has 2 aromatic carbocycles. The summed E-state index contributed by atoms with van der Waals surface area (Å²) >= 11 is 0. The number of hydrogen-bond acceptors (Lipinski definition) is 3. The molecule has 122 valence electrons. The number of benzene rings is 2. The van der Waals surface area contributed by atoms with Gasteiger partial charge in [-0.25, -0.2) is 0 Å². The molecule has 0 radical (unpaired) electrons. The van der Waals surface area contributed by atoms with Gasteiger partial charge in [-0.2, -0.15) is 0 Å². The average Bonchev–Trinajstić information content (AvgIpc) is 2.98. The van der Waals surface area contributed by atoms with Gasteiger partial charge in [-0.15, -0.1) is 0 Å². The summed E-state index contributed by atoms with van der Waals surface area (Å²) < 4.78 is 0. The van der Waals surface area contributed by atoms with Crippen molar-refractivity contribution < 1.29 is 9.72 Å². The van der Waals surface area contributed by atoms with Gasteiger partial charge >= 0.3 is 0 Å². The quantitative estimate of drug-likeness (QED) is 0.549. The summed E-state index contributed by atoms with van der Waals surface area (Å²) in [5.41, 5.74) is 2.89. The zero-order valence-corrected chi connectivity index (χ0v) is 13.4. The third-order valence-electron chi connectivity index (χ3n) is 3.96. The number of nitrogens with one attached hydrogen (secondary N) is 2. The smallest absolute Gasteiger partial charge is 0.270 e. The highest BCUT2D eigenvalue weighted by molar-refractivity contribution is 6.13. The Morgan fingerprint density at radius 3 is 2.50 bits per heavy atom. The fraction of sp³-hybridized carbons (Fsp3) is 0.167. The molecule has 24 heavy (non-hydrogen) atoms. The highest BCUT2D eigenvalue weighted by Gasteiger charge is 2.15. The summed E-state index contributed by atoms with van der Waals surface area (Å²) in [6, 6.07) is 12.1. The molecular weight excluding hydrogens is 306 g/mol. The number of rotatable bonds is 4. The van der Waals surface area contributed by atoms with E-state index in [0.717, 1.165) is 0 Å². The molecule has 0 fully saturated rings. The molecule has 0 saturated heterocycles. The van der Waals surface area contributed by atoms with Crippen molar-refractivity contribution in [2.45, 2.75) is 19.8 Å². The van der Waals surface area contributed by atoms with Gasteiger partial charge in [0.2, 0.25) is 0 Å². The van der Waals surface area contributed by atoms with E-state index < -0.39 is 4.92 Å². The maximum absolute atomic E-state index is 12.5. The number of nitro groups is 1. The molecule has 0 saturated carbocycles. The lowest BCUT2D eigenvalue weighted by Crippen LogP contribution is -2.11. The number of amides is 1. The van der Waals surface area contributed by atoms with Gasteiger partial charge in [-0.05, 0) is 29.7 Å². The monoisotopic (exact) mass is 323 g/mol. The summed E-state index contributed by atoms with van der Waals surface area (Å²) in [6.45, 7) is 4.21. The van der Waals surface area contributed by atoms with Gasteiger partial charge in [0.15, 0.2) is 0 Å². The summed E-state index contributed by atoms with van der Waals surface area (Å²) in [5.74, 6) is 0.114. The summed E-state index contributed by atoms with van der Waals surface area (Å²) in [7, 11) is 0. The second-order valence-corrected chi connectivity index (χ2v) is 5.92. The van der Waals surface area contributed by atoms with Crippen LogP contribution in [0.1, 0.15) is 35.7 Å². The number of non-ortho nitro benzene ring substituents is 1. The normalized spacial score (nSPS) is 11.0. The first-order chi connectivity index (χ1) is 11.5. The Hall–Kier alpha value is -3.15. The number of hydrogen-bond donors (Lipinski definition) is 2. The largest absolute Gasteiger partial charge is 0.360 e. The van der Waals surface area contributed by atoms with Crippen LogP contribution in [0.3, 0.4) is 0 Å². The Balaban J connectivity index is 1.88. The summed E-state index contributed by atoms with van der Waals surface area (Å²) in [6.07, 6.45) is 1.56. The lowest BCUT2D eigenvalue weighted by molar-refractivity contribution is -0.384. The first-order valence-electron chi connectivity index (χ1n) is 7.62. The summed E-state index contributed by atoms with van der Waals surface area (Å²) in [4.78, 5) is 25.9. The predicted octanol–water partition coefficient (Wildman–Crippen LogP) is 4.45. The van der Waals surface area contributed by atoms with Crippen molar-refractivity contribution in [1.29, 1.82) is 0 Å². The van der Waals surface area contributed by atoms with Crippen molar-refractivity contribution in [3.63, 3.8) is 0 Å². The second-order valence-electron chi connectivity index (χ2n) is 5.92. The van der Waals surface area contributed by atoms with Crippen molar-refractivity contribution >= 4 is 28.2 Å². The number of carbonyl (C=O) groups excluding carboxylic acids is 1. The molecule has 0 aliphatic rings. The fourth-order valence-electron chi connectivity index (χ4n) is 2.56. The first-order valence-corrected chi connectivity index (χ1v) is 7.62. The van der Waals surface area contributed by atoms with E-state index in [0.29, 0.717) is 28.1 Å². The number of carbonyl (C=O) groups is 1. The average molecular weight is 323 g/mol. The molecule has 0 aliphatic heterocycles. The van der Waals surface area contributed by atoms with Crippen LogP contribution in [0.25, 0.3) is 10.9 Å². The maximum atomic E-state index is 12.5. The third-order valence-corrected chi connectivity index (χ3v) is 3.96. The topological polar surface area (TPSA) is 88.0 Å². The zero-order valence-electron chi connectivity index (χ0n) is 13.4. The highest BCUT2D eigenvalue weighted by Crippen LogP contribution is 2.25. The van der Waals surface area contributed by atoms with Crippen molar-refractivity contribution in [3.8, 4) is 0 Å². The molecule has 6 heteroatoms. The molecule has 2 N–H and O–H groups in total. The van der Waals surface area contributed by atoms with Crippen molar-refractivity contribution in [1.82, 2.24) is 4.98 Å². The standard InChI is InChI=1S/C18H17N3O3/c1-11(2)12-3-5-13(6-4-12)20-18(22)16-10-19-17-8-7-14(21(23)24)9-15(16)17/h3-11,19H,1-2H3,(H,20,22). The lowest BCUT2D eigenvalue weighted by Gasteiger charge is -2.08. The first kappa shape index (κ1) is 15.7. The fourth-order valence-corrected chi connectivity index (χ4v) is 2.56. The summed E-state index contributed by atoms with van der Waals surface area (Å²) in [5, 5.41) is 14.3.